The van der Waals surface area contributed by atoms with Crippen LogP contribution in [0.5, 0.6) is 0 Å². The molecule has 1 amide bonds. The summed E-state index contributed by atoms with van der Waals surface area (Å²) < 4.78 is 5.00. The van der Waals surface area contributed by atoms with Crippen LogP contribution >= 0.6 is 0 Å². The van der Waals surface area contributed by atoms with E-state index in [0.717, 1.165) is 12.8 Å². The SMILES string of the molecule is CCCc1cnc(C(N)=O)o1. The van der Waals surface area contributed by atoms with E-state index >= 15 is 0 Å². The second kappa shape index (κ2) is 3.18. The molecule has 4 heteroatoms. The largest absolute Gasteiger partial charge is 0.438 e. The number of aryl methyl sites for hydroxylation is 1. The Kier molecular flexibility index (Phi) is 2.25. The number of carbonyl (C=O) groups excluding carboxylic acids is 1. The Bertz CT molecular complexity index is 255. The lowest BCUT2D eigenvalue weighted by Gasteiger charge is -1.87. The molecule has 60 valence electrons. The maximum Gasteiger partial charge on any atom is 0.304 e. The van der Waals surface area contributed by atoms with E-state index in [9.17, 15) is 4.79 Å². The standard InChI is InChI=1S/C7H10N2O2/c1-2-3-5-4-9-7(11-5)6(8)10/h4H,2-3H2,1H3,(H2,8,10). The minimum atomic E-state index is -0.618. The van der Waals surface area contributed by atoms with Gasteiger partial charge in [0.15, 0.2) is 0 Å². The van der Waals surface area contributed by atoms with Crippen molar-refractivity contribution < 1.29 is 9.21 Å². The monoisotopic (exact) mass is 154 g/mol. The minimum absolute atomic E-state index is 0.00606. The first-order valence-electron chi connectivity index (χ1n) is 3.48. The van der Waals surface area contributed by atoms with Gasteiger partial charge in [0.05, 0.1) is 6.20 Å². The van der Waals surface area contributed by atoms with E-state index < -0.39 is 5.91 Å². The van der Waals surface area contributed by atoms with Crippen LogP contribution < -0.4 is 5.73 Å². The number of hydrogen-bond acceptors (Lipinski definition) is 3. The number of oxazole rings is 1. The summed E-state index contributed by atoms with van der Waals surface area (Å²) in [5, 5.41) is 0. The Morgan fingerprint density at radius 2 is 2.55 bits per heavy atom. The van der Waals surface area contributed by atoms with Crippen LogP contribution in [0.15, 0.2) is 10.6 Å². The summed E-state index contributed by atoms with van der Waals surface area (Å²) in [7, 11) is 0. The molecule has 0 aliphatic carbocycles. The fourth-order valence-electron chi connectivity index (χ4n) is 0.783. The molecule has 11 heavy (non-hydrogen) atoms. The zero-order valence-corrected chi connectivity index (χ0v) is 6.33. The Balaban J connectivity index is 2.73. The molecule has 0 saturated carbocycles. The lowest BCUT2D eigenvalue weighted by molar-refractivity contribution is 0.0965. The molecular formula is C7H10N2O2. The number of amides is 1. The molecule has 0 spiro atoms. The van der Waals surface area contributed by atoms with E-state index in [4.69, 9.17) is 10.2 Å². The molecule has 0 aliphatic heterocycles. The average Bonchev–Trinajstić information content (AvgIpc) is 2.37. The third kappa shape index (κ3) is 1.80. The maximum atomic E-state index is 10.5. The molecule has 0 unspecified atom stereocenters. The quantitative estimate of drug-likeness (QED) is 0.697. The summed E-state index contributed by atoms with van der Waals surface area (Å²) >= 11 is 0. The highest BCUT2D eigenvalue weighted by molar-refractivity contribution is 5.87. The van der Waals surface area contributed by atoms with Crippen LogP contribution in [0.2, 0.25) is 0 Å². The molecule has 1 rings (SSSR count). The second-order valence-corrected chi connectivity index (χ2v) is 2.25. The molecule has 1 aromatic heterocycles. The zero-order chi connectivity index (χ0) is 8.27. The van der Waals surface area contributed by atoms with Crippen LogP contribution in [0.3, 0.4) is 0 Å². The molecule has 1 heterocycles. The number of aromatic nitrogens is 1. The molecule has 0 fully saturated rings. The van der Waals surface area contributed by atoms with Crippen LogP contribution in [-0.2, 0) is 6.42 Å². The van der Waals surface area contributed by atoms with Gasteiger partial charge in [0, 0.05) is 6.42 Å². The van der Waals surface area contributed by atoms with Gasteiger partial charge < -0.3 is 10.2 Å². The third-order valence-corrected chi connectivity index (χ3v) is 1.26. The van der Waals surface area contributed by atoms with Crippen LogP contribution in [0, 0.1) is 0 Å². The van der Waals surface area contributed by atoms with Crippen molar-refractivity contribution in [2.24, 2.45) is 5.73 Å². The first kappa shape index (κ1) is 7.78. The highest BCUT2D eigenvalue weighted by atomic mass is 16.4. The van der Waals surface area contributed by atoms with Gasteiger partial charge in [-0.15, -0.1) is 0 Å². The van der Waals surface area contributed by atoms with Crippen molar-refractivity contribution in [2.45, 2.75) is 19.8 Å². The van der Waals surface area contributed by atoms with Gasteiger partial charge in [-0.2, -0.15) is 0 Å². The molecule has 0 aromatic carbocycles. The highest BCUT2D eigenvalue weighted by Crippen LogP contribution is 2.04. The lowest BCUT2D eigenvalue weighted by Crippen LogP contribution is -2.10. The van der Waals surface area contributed by atoms with Crippen LogP contribution in [-0.4, -0.2) is 10.9 Å². The van der Waals surface area contributed by atoms with Gasteiger partial charge in [0.25, 0.3) is 5.89 Å². The van der Waals surface area contributed by atoms with Crippen molar-refractivity contribution in [1.82, 2.24) is 4.98 Å². The number of rotatable bonds is 3. The van der Waals surface area contributed by atoms with Gasteiger partial charge >= 0.3 is 5.91 Å². The topological polar surface area (TPSA) is 69.1 Å². The van der Waals surface area contributed by atoms with Crippen molar-refractivity contribution in [3.05, 3.63) is 17.8 Å². The lowest BCUT2D eigenvalue weighted by atomic mass is 10.3. The Morgan fingerprint density at radius 3 is 3.00 bits per heavy atom. The van der Waals surface area contributed by atoms with Crippen molar-refractivity contribution in [3.8, 4) is 0 Å². The van der Waals surface area contributed by atoms with Crippen molar-refractivity contribution >= 4 is 5.91 Å². The molecule has 0 bridgehead atoms. The Labute approximate surface area is 64.4 Å². The second-order valence-electron chi connectivity index (χ2n) is 2.25. The normalized spacial score (nSPS) is 9.91. The van der Waals surface area contributed by atoms with E-state index in [2.05, 4.69) is 4.98 Å². The van der Waals surface area contributed by atoms with Gasteiger partial charge in [0.2, 0.25) is 0 Å². The van der Waals surface area contributed by atoms with E-state index in [1.54, 1.807) is 0 Å². The molecular weight excluding hydrogens is 144 g/mol. The van der Waals surface area contributed by atoms with E-state index in [1.807, 2.05) is 6.92 Å². The van der Waals surface area contributed by atoms with Gasteiger partial charge in [-0.1, -0.05) is 6.92 Å². The fraction of sp³-hybridized carbons (Fsp3) is 0.429. The Hall–Kier alpha value is -1.32. The molecule has 0 radical (unpaired) electrons. The molecule has 0 aliphatic rings. The van der Waals surface area contributed by atoms with Gasteiger partial charge in [0.1, 0.15) is 5.76 Å². The van der Waals surface area contributed by atoms with Crippen LogP contribution in [0.4, 0.5) is 0 Å². The summed E-state index contributed by atoms with van der Waals surface area (Å²) in [6.07, 6.45) is 3.29. The van der Waals surface area contributed by atoms with Gasteiger partial charge in [-0.05, 0) is 6.42 Å². The minimum Gasteiger partial charge on any atom is -0.438 e. The van der Waals surface area contributed by atoms with Crippen molar-refractivity contribution in [1.29, 1.82) is 0 Å². The van der Waals surface area contributed by atoms with E-state index in [1.165, 1.54) is 6.20 Å². The molecule has 0 atom stereocenters. The predicted molar refractivity (Wildman–Crippen MR) is 39.0 cm³/mol. The summed E-state index contributed by atoms with van der Waals surface area (Å²) in [5.41, 5.74) is 4.93. The number of primary amides is 1. The van der Waals surface area contributed by atoms with Gasteiger partial charge in [-0.25, -0.2) is 4.98 Å². The van der Waals surface area contributed by atoms with Crippen LogP contribution in [0.25, 0.3) is 0 Å². The maximum absolute atomic E-state index is 10.5. The molecule has 2 N–H and O–H groups in total. The zero-order valence-electron chi connectivity index (χ0n) is 6.33. The number of nitrogens with zero attached hydrogens (tertiary/aromatic N) is 1. The summed E-state index contributed by atoms with van der Waals surface area (Å²) in [4.78, 5) is 14.2. The first-order valence-corrected chi connectivity index (χ1v) is 3.48. The first-order chi connectivity index (χ1) is 5.24. The van der Waals surface area contributed by atoms with E-state index in [-0.39, 0.29) is 5.89 Å². The van der Waals surface area contributed by atoms with E-state index in [0.29, 0.717) is 5.76 Å². The number of carbonyl (C=O) groups is 1. The number of nitrogens with two attached hydrogens (primary N) is 1. The average molecular weight is 154 g/mol. The van der Waals surface area contributed by atoms with Crippen molar-refractivity contribution in [3.63, 3.8) is 0 Å². The number of hydrogen-bond donors (Lipinski definition) is 1. The predicted octanol–water partition coefficient (Wildman–Crippen LogP) is 0.726. The molecule has 4 nitrogen and oxygen atoms in total. The van der Waals surface area contributed by atoms with Crippen LogP contribution in [0.1, 0.15) is 29.8 Å². The highest BCUT2D eigenvalue weighted by Gasteiger charge is 2.07. The van der Waals surface area contributed by atoms with Gasteiger partial charge in [-0.3, -0.25) is 4.79 Å². The smallest absolute Gasteiger partial charge is 0.304 e. The summed E-state index contributed by atoms with van der Waals surface area (Å²) in [6.45, 7) is 2.02. The third-order valence-electron chi connectivity index (χ3n) is 1.26. The summed E-state index contributed by atoms with van der Waals surface area (Å²) in [6, 6.07) is 0. The Morgan fingerprint density at radius 1 is 1.82 bits per heavy atom. The van der Waals surface area contributed by atoms with Crippen molar-refractivity contribution in [2.75, 3.05) is 0 Å². The molecule has 1 aromatic rings. The summed E-state index contributed by atoms with van der Waals surface area (Å²) in [5.74, 6) is 0.0853. The molecule has 0 saturated heterocycles. The fourth-order valence-corrected chi connectivity index (χ4v) is 0.783.